The number of thiophene rings is 1. The van der Waals surface area contributed by atoms with E-state index in [-0.39, 0.29) is 18.3 Å². The monoisotopic (exact) mass is 333 g/mol. The number of thioether (sulfide) groups is 1. The van der Waals surface area contributed by atoms with Crippen molar-refractivity contribution in [2.24, 2.45) is 0 Å². The summed E-state index contributed by atoms with van der Waals surface area (Å²) in [5.74, 6) is -0.551. The number of hydrogen-bond acceptors (Lipinski definition) is 6. The van der Waals surface area contributed by atoms with Gasteiger partial charge in [0, 0.05) is 4.90 Å². The molecule has 0 spiro atoms. The summed E-state index contributed by atoms with van der Waals surface area (Å²) < 4.78 is 5.03. The van der Waals surface area contributed by atoms with Crippen molar-refractivity contribution in [3.63, 3.8) is 0 Å². The number of carbonyl (C=O) groups excluding carboxylic acids is 3. The van der Waals surface area contributed by atoms with E-state index in [1.54, 1.807) is 35.7 Å². The van der Waals surface area contributed by atoms with Crippen molar-refractivity contribution in [2.45, 2.75) is 4.90 Å². The standard InChI is InChI=1S/C15H11NO4S2/c17-11(13-2-1-5-21-13)7-20-15(19)9-3-4-12-10(6-9)16-14(18)8-22-12/h1-6H,7-8H2,(H,16,18). The molecule has 0 radical (unpaired) electrons. The van der Waals surface area contributed by atoms with Gasteiger partial charge >= 0.3 is 5.97 Å². The molecule has 0 saturated heterocycles. The molecule has 7 heteroatoms. The maximum Gasteiger partial charge on any atom is 0.338 e. The third-order valence-corrected chi connectivity index (χ3v) is 4.96. The lowest BCUT2D eigenvalue weighted by Gasteiger charge is -2.16. The number of Topliss-reactive ketones (excluding diaryl/α,β-unsaturated/α-hetero) is 1. The summed E-state index contributed by atoms with van der Waals surface area (Å²) in [7, 11) is 0. The number of fused-ring (bicyclic) bond motifs is 1. The molecule has 0 bridgehead atoms. The molecule has 1 aromatic heterocycles. The fraction of sp³-hybridized carbons (Fsp3) is 0.133. The van der Waals surface area contributed by atoms with Crippen molar-refractivity contribution in [2.75, 3.05) is 17.7 Å². The van der Waals surface area contributed by atoms with Crippen LogP contribution in [0.1, 0.15) is 20.0 Å². The summed E-state index contributed by atoms with van der Waals surface area (Å²) in [4.78, 5) is 36.6. The zero-order valence-electron chi connectivity index (χ0n) is 11.3. The Morgan fingerprint density at radius 2 is 2.14 bits per heavy atom. The van der Waals surface area contributed by atoms with Crippen LogP contribution in [0.25, 0.3) is 0 Å². The highest BCUT2D eigenvalue weighted by Crippen LogP contribution is 2.32. The van der Waals surface area contributed by atoms with Crippen LogP contribution in [0.2, 0.25) is 0 Å². The molecule has 1 amide bonds. The third kappa shape index (κ3) is 3.20. The first-order valence-electron chi connectivity index (χ1n) is 6.44. The molecule has 2 aromatic rings. The van der Waals surface area contributed by atoms with Crippen LogP contribution in [0.5, 0.6) is 0 Å². The number of anilines is 1. The summed E-state index contributed by atoms with van der Waals surface area (Å²) in [5.41, 5.74) is 0.904. The van der Waals surface area contributed by atoms with Crippen LogP contribution in [0.15, 0.2) is 40.6 Å². The summed E-state index contributed by atoms with van der Waals surface area (Å²) >= 11 is 2.72. The lowest BCUT2D eigenvalue weighted by Crippen LogP contribution is -2.19. The number of hydrogen-bond donors (Lipinski definition) is 1. The Hall–Kier alpha value is -2.12. The van der Waals surface area contributed by atoms with Crippen molar-refractivity contribution in [3.8, 4) is 0 Å². The van der Waals surface area contributed by atoms with Crippen LogP contribution in [-0.4, -0.2) is 30.0 Å². The second kappa shape index (κ2) is 6.33. The molecule has 1 aromatic carbocycles. The van der Waals surface area contributed by atoms with E-state index in [0.717, 1.165) is 4.90 Å². The SMILES string of the molecule is O=C1CSc2ccc(C(=O)OCC(=O)c3cccs3)cc2N1. The lowest BCUT2D eigenvalue weighted by atomic mass is 10.2. The Labute approximate surface area is 134 Å². The highest BCUT2D eigenvalue weighted by atomic mass is 32.2. The molecule has 3 rings (SSSR count). The van der Waals surface area contributed by atoms with Crippen LogP contribution >= 0.6 is 23.1 Å². The Morgan fingerprint density at radius 1 is 1.27 bits per heavy atom. The fourth-order valence-electron chi connectivity index (χ4n) is 1.93. The molecular weight excluding hydrogens is 322 g/mol. The molecule has 112 valence electrons. The Morgan fingerprint density at radius 3 is 2.91 bits per heavy atom. The molecule has 0 saturated carbocycles. The van der Waals surface area contributed by atoms with Gasteiger partial charge in [-0.1, -0.05) is 6.07 Å². The van der Waals surface area contributed by atoms with Gasteiger partial charge in [0.15, 0.2) is 6.61 Å². The molecule has 1 aliphatic heterocycles. The number of esters is 1. The number of carbonyl (C=O) groups is 3. The number of ether oxygens (including phenoxy) is 1. The van der Waals surface area contributed by atoms with Crippen molar-refractivity contribution in [1.82, 2.24) is 0 Å². The number of nitrogens with one attached hydrogen (secondary N) is 1. The van der Waals surface area contributed by atoms with Crippen LogP contribution in [0, 0.1) is 0 Å². The van der Waals surface area contributed by atoms with E-state index in [9.17, 15) is 14.4 Å². The second-order valence-corrected chi connectivity index (χ2v) is 6.49. The van der Waals surface area contributed by atoms with E-state index < -0.39 is 5.97 Å². The molecule has 1 N–H and O–H groups in total. The molecule has 2 heterocycles. The lowest BCUT2D eigenvalue weighted by molar-refractivity contribution is -0.113. The topological polar surface area (TPSA) is 72.5 Å². The number of benzene rings is 1. The molecule has 0 fully saturated rings. The summed E-state index contributed by atoms with van der Waals surface area (Å²) in [6, 6.07) is 8.41. The van der Waals surface area contributed by atoms with Crippen molar-refractivity contribution < 1.29 is 19.1 Å². The Bertz CT molecular complexity index is 740. The van der Waals surface area contributed by atoms with Gasteiger partial charge in [0.05, 0.1) is 21.9 Å². The third-order valence-electron chi connectivity index (χ3n) is 2.98. The highest BCUT2D eigenvalue weighted by molar-refractivity contribution is 8.00. The largest absolute Gasteiger partial charge is 0.454 e. The predicted octanol–water partition coefficient (Wildman–Crippen LogP) is 2.83. The average Bonchev–Trinajstić information content (AvgIpc) is 3.06. The molecule has 0 aliphatic carbocycles. The molecule has 0 atom stereocenters. The Balaban J connectivity index is 1.66. The minimum atomic E-state index is -0.586. The normalized spacial score (nSPS) is 13.2. The van der Waals surface area contributed by atoms with Gasteiger partial charge in [-0.05, 0) is 29.6 Å². The molecular formula is C15H11NO4S2. The van der Waals surface area contributed by atoms with E-state index in [1.807, 2.05) is 0 Å². The van der Waals surface area contributed by atoms with Gasteiger partial charge in [-0.3, -0.25) is 9.59 Å². The van der Waals surface area contributed by atoms with E-state index >= 15 is 0 Å². The van der Waals surface area contributed by atoms with Gasteiger partial charge < -0.3 is 10.1 Å². The van der Waals surface area contributed by atoms with Gasteiger partial charge in [-0.15, -0.1) is 23.1 Å². The quantitative estimate of drug-likeness (QED) is 0.688. The van der Waals surface area contributed by atoms with Crippen molar-refractivity contribution >= 4 is 46.4 Å². The first-order chi connectivity index (χ1) is 10.6. The van der Waals surface area contributed by atoms with E-state index in [4.69, 9.17) is 4.74 Å². The van der Waals surface area contributed by atoms with Gasteiger partial charge in [0.1, 0.15) is 0 Å². The Kier molecular flexibility index (Phi) is 4.26. The fourth-order valence-corrected chi connectivity index (χ4v) is 3.37. The smallest absolute Gasteiger partial charge is 0.338 e. The molecule has 1 aliphatic rings. The number of amides is 1. The zero-order valence-corrected chi connectivity index (χ0v) is 13.0. The van der Waals surface area contributed by atoms with Gasteiger partial charge in [-0.2, -0.15) is 0 Å². The molecule has 5 nitrogen and oxygen atoms in total. The molecule has 0 unspecified atom stereocenters. The van der Waals surface area contributed by atoms with Crippen LogP contribution in [0.3, 0.4) is 0 Å². The summed E-state index contributed by atoms with van der Waals surface area (Å²) in [6.07, 6.45) is 0. The predicted molar refractivity (Wildman–Crippen MR) is 84.7 cm³/mol. The van der Waals surface area contributed by atoms with Crippen LogP contribution < -0.4 is 5.32 Å². The maximum atomic E-state index is 12.0. The van der Waals surface area contributed by atoms with E-state index in [0.29, 0.717) is 21.9 Å². The first-order valence-corrected chi connectivity index (χ1v) is 8.30. The zero-order chi connectivity index (χ0) is 15.5. The average molecular weight is 333 g/mol. The van der Waals surface area contributed by atoms with E-state index in [2.05, 4.69) is 5.32 Å². The van der Waals surface area contributed by atoms with Crippen molar-refractivity contribution in [3.05, 3.63) is 46.2 Å². The number of ketones is 1. The van der Waals surface area contributed by atoms with Crippen LogP contribution in [-0.2, 0) is 9.53 Å². The summed E-state index contributed by atoms with van der Waals surface area (Å²) in [6.45, 7) is -0.294. The number of rotatable bonds is 4. The van der Waals surface area contributed by atoms with Crippen LogP contribution in [0.4, 0.5) is 5.69 Å². The minimum absolute atomic E-state index is 0.101. The minimum Gasteiger partial charge on any atom is -0.454 e. The first kappa shape index (κ1) is 14.8. The molecule has 22 heavy (non-hydrogen) atoms. The van der Waals surface area contributed by atoms with E-state index in [1.165, 1.54) is 23.1 Å². The maximum absolute atomic E-state index is 12.0. The van der Waals surface area contributed by atoms with Gasteiger partial charge in [0.25, 0.3) is 0 Å². The van der Waals surface area contributed by atoms with Gasteiger partial charge in [-0.25, -0.2) is 4.79 Å². The van der Waals surface area contributed by atoms with Crippen molar-refractivity contribution in [1.29, 1.82) is 0 Å². The second-order valence-electron chi connectivity index (χ2n) is 4.52. The van der Waals surface area contributed by atoms with Gasteiger partial charge in [0.2, 0.25) is 11.7 Å². The summed E-state index contributed by atoms with van der Waals surface area (Å²) in [5, 5.41) is 4.50. The highest BCUT2D eigenvalue weighted by Gasteiger charge is 2.18.